The highest BCUT2D eigenvalue weighted by Crippen LogP contribution is 2.13. The minimum Gasteiger partial charge on any atom is -0.308 e. The molecular weight excluding hydrogens is 196 g/mol. The van der Waals surface area contributed by atoms with E-state index in [0.717, 1.165) is 24.9 Å². The SMILES string of the molecule is CCCCOSC(=O)c1ccccc1. The van der Waals surface area contributed by atoms with Crippen LogP contribution in [-0.2, 0) is 4.18 Å². The van der Waals surface area contributed by atoms with Gasteiger partial charge in [0.1, 0.15) is 0 Å². The first-order valence-corrected chi connectivity index (χ1v) is 5.47. The van der Waals surface area contributed by atoms with Gasteiger partial charge in [0.25, 0.3) is 0 Å². The summed E-state index contributed by atoms with van der Waals surface area (Å²) in [6.45, 7) is 2.73. The van der Waals surface area contributed by atoms with Crippen molar-refractivity contribution in [3.8, 4) is 0 Å². The van der Waals surface area contributed by atoms with Gasteiger partial charge < -0.3 is 4.18 Å². The zero-order chi connectivity index (χ0) is 10.2. The summed E-state index contributed by atoms with van der Waals surface area (Å²) in [7, 11) is 0. The number of hydrogen-bond acceptors (Lipinski definition) is 3. The Kier molecular flexibility index (Phi) is 5.33. The third-order valence-corrected chi connectivity index (χ3v) is 2.40. The van der Waals surface area contributed by atoms with Gasteiger partial charge in [0.05, 0.1) is 18.6 Å². The molecule has 3 heteroatoms. The number of rotatable bonds is 5. The smallest absolute Gasteiger partial charge is 0.246 e. The monoisotopic (exact) mass is 210 g/mol. The summed E-state index contributed by atoms with van der Waals surface area (Å²) in [6, 6.07) is 9.16. The molecule has 0 aliphatic rings. The number of carbonyl (C=O) groups is 1. The second-order valence-electron chi connectivity index (χ2n) is 2.91. The lowest BCUT2D eigenvalue weighted by Crippen LogP contribution is -1.95. The highest BCUT2D eigenvalue weighted by molar-refractivity contribution is 8.10. The van der Waals surface area contributed by atoms with E-state index in [9.17, 15) is 4.79 Å². The maximum Gasteiger partial charge on any atom is 0.246 e. The normalized spacial score (nSPS) is 10.1. The minimum atomic E-state index is -0.0262. The van der Waals surface area contributed by atoms with Crippen molar-refractivity contribution >= 4 is 17.2 Å². The maximum absolute atomic E-state index is 11.4. The van der Waals surface area contributed by atoms with Crippen molar-refractivity contribution in [1.82, 2.24) is 0 Å². The van der Waals surface area contributed by atoms with Gasteiger partial charge in [-0.25, -0.2) is 0 Å². The fraction of sp³-hybridized carbons (Fsp3) is 0.364. The molecule has 0 saturated heterocycles. The van der Waals surface area contributed by atoms with Gasteiger partial charge in [0.15, 0.2) is 0 Å². The highest BCUT2D eigenvalue weighted by Gasteiger charge is 2.05. The molecule has 0 amide bonds. The van der Waals surface area contributed by atoms with E-state index in [4.69, 9.17) is 4.18 Å². The number of unbranched alkanes of at least 4 members (excludes halogenated alkanes) is 1. The zero-order valence-corrected chi connectivity index (χ0v) is 9.05. The van der Waals surface area contributed by atoms with Gasteiger partial charge in [0, 0.05) is 5.56 Å². The molecule has 0 N–H and O–H groups in total. The van der Waals surface area contributed by atoms with Crippen LogP contribution >= 0.6 is 12.0 Å². The predicted octanol–water partition coefficient (Wildman–Crippen LogP) is 3.29. The van der Waals surface area contributed by atoms with E-state index in [-0.39, 0.29) is 5.12 Å². The van der Waals surface area contributed by atoms with Crippen LogP contribution in [0.25, 0.3) is 0 Å². The Hall–Kier alpha value is -0.800. The molecule has 14 heavy (non-hydrogen) atoms. The van der Waals surface area contributed by atoms with E-state index in [2.05, 4.69) is 6.92 Å². The molecule has 0 unspecified atom stereocenters. The van der Waals surface area contributed by atoms with Crippen LogP contribution in [0.15, 0.2) is 30.3 Å². The molecule has 0 fully saturated rings. The lowest BCUT2D eigenvalue weighted by atomic mass is 10.2. The summed E-state index contributed by atoms with van der Waals surface area (Å²) in [5.74, 6) is 0. The summed E-state index contributed by atoms with van der Waals surface area (Å²) >= 11 is 0.931. The number of benzene rings is 1. The summed E-state index contributed by atoms with van der Waals surface area (Å²) in [4.78, 5) is 11.4. The van der Waals surface area contributed by atoms with Crippen LogP contribution in [0.2, 0.25) is 0 Å². The molecule has 0 saturated carbocycles. The fourth-order valence-electron chi connectivity index (χ4n) is 0.921. The first kappa shape index (κ1) is 11.3. The Morgan fingerprint density at radius 2 is 2.07 bits per heavy atom. The summed E-state index contributed by atoms with van der Waals surface area (Å²) in [5, 5.41) is -0.0262. The van der Waals surface area contributed by atoms with E-state index in [1.54, 1.807) is 12.1 Å². The van der Waals surface area contributed by atoms with Crippen molar-refractivity contribution < 1.29 is 8.98 Å². The van der Waals surface area contributed by atoms with Gasteiger partial charge in [-0.05, 0) is 6.42 Å². The molecule has 2 nitrogen and oxygen atoms in total. The predicted molar refractivity (Wildman–Crippen MR) is 59.2 cm³/mol. The molecule has 1 rings (SSSR count). The van der Waals surface area contributed by atoms with E-state index >= 15 is 0 Å². The number of carbonyl (C=O) groups excluding carboxylic acids is 1. The molecule has 1 aromatic carbocycles. The number of hydrogen-bond donors (Lipinski definition) is 0. The molecule has 76 valence electrons. The van der Waals surface area contributed by atoms with E-state index in [0.29, 0.717) is 12.2 Å². The average Bonchev–Trinajstić information content (AvgIpc) is 2.25. The Labute approximate surface area is 88.9 Å². The van der Waals surface area contributed by atoms with Gasteiger partial charge in [-0.1, -0.05) is 43.7 Å². The minimum absolute atomic E-state index is 0.0262. The van der Waals surface area contributed by atoms with Crippen LogP contribution in [-0.4, -0.2) is 11.7 Å². The van der Waals surface area contributed by atoms with Gasteiger partial charge in [-0.15, -0.1) is 0 Å². The largest absolute Gasteiger partial charge is 0.308 e. The van der Waals surface area contributed by atoms with Crippen molar-refractivity contribution in [2.24, 2.45) is 0 Å². The molecule has 0 aliphatic heterocycles. The van der Waals surface area contributed by atoms with Crippen molar-refractivity contribution in [2.75, 3.05) is 6.61 Å². The Morgan fingerprint density at radius 3 is 2.71 bits per heavy atom. The third-order valence-electron chi connectivity index (χ3n) is 1.73. The van der Waals surface area contributed by atoms with Crippen molar-refractivity contribution in [3.05, 3.63) is 35.9 Å². The Bertz CT molecular complexity index is 272. The molecule has 0 aromatic heterocycles. The van der Waals surface area contributed by atoms with Crippen LogP contribution in [0, 0.1) is 0 Å². The van der Waals surface area contributed by atoms with E-state index in [1.807, 2.05) is 18.2 Å². The van der Waals surface area contributed by atoms with Crippen LogP contribution < -0.4 is 0 Å². The molecule has 0 atom stereocenters. The Balaban J connectivity index is 2.29. The molecule has 0 radical (unpaired) electrons. The van der Waals surface area contributed by atoms with Crippen LogP contribution in [0.5, 0.6) is 0 Å². The van der Waals surface area contributed by atoms with E-state index in [1.165, 1.54) is 0 Å². The van der Waals surface area contributed by atoms with Gasteiger partial charge >= 0.3 is 0 Å². The molecule has 1 aromatic rings. The van der Waals surface area contributed by atoms with E-state index < -0.39 is 0 Å². The molecule has 0 heterocycles. The lowest BCUT2D eigenvalue weighted by molar-refractivity contribution is 0.107. The van der Waals surface area contributed by atoms with Crippen molar-refractivity contribution in [2.45, 2.75) is 19.8 Å². The topological polar surface area (TPSA) is 26.3 Å². The van der Waals surface area contributed by atoms with Crippen LogP contribution in [0.3, 0.4) is 0 Å². The van der Waals surface area contributed by atoms with Gasteiger partial charge in [0.2, 0.25) is 5.12 Å². The third kappa shape index (κ3) is 3.94. The lowest BCUT2D eigenvalue weighted by Gasteiger charge is -2.00. The first-order chi connectivity index (χ1) is 6.84. The second-order valence-corrected chi connectivity index (χ2v) is 3.69. The molecule has 0 aliphatic carbocycles. The summed E-state index contributed by atoms with van der Waals surface area (Å²) < 4.78 is 5.16. The molecule has 0 spiro atoms. The standard InChI is InChI=1S/C11H14O2S/c1-2-3-9-13-14-11(12)10-7-5-4-6-8-10/h4-8H,2-3,9H2,1H3. The van der Waals surface area contributed by atoms with Crippen molar-refractivity contribution in [3.63, 3.8) is 0 Å². The second kappa shape index (κ2) is 6.62. The molecule has 0 bridgehead atoms. The van der Waals surface area contributed by atoms with Crippen LogP contribution in [0.1, 0.15) is 30.1 Å². The van der Waals surface area contributed by atoms with Gasteiger partial charge in [-0.3, -0.25) is 4.79 Å². The summed E-state index contributed by atoms with van der Waals surface area (Å²) in [5.41, 5.74) is 0.689. The average molecular weight is 210 g/mol. The summed E-state index contributed by atoms with van der Waals surface area (Å²) in [6.07, 6.45) is 2.08. The Morgan fingerprint density at radius 1 is 1.36 bits per heavy atom. The zero-order valence-electron chi connectivity index (χ0n) is 8.23. The highest BCUT2D eigenvalue weighted by atomic mass is 32.2. The fourth-order valence-corrected chi connectivity index (χ4v) is 1.46. The maximum atomic E-state index is 11.4. The quantitative estimate of drug-likeness (QED) is 0.551. The van der Waals surface area contributed by atoms with Gasteiger partial charge in [-0.2, -0.15) is 0 Å². The van der Waals surface area contributed by atoms with Crippen molar-refractivity contribution in [1.29, 1.82) is 0 Å². The van der Waals surface area contributed by atoms with Crippen LogP contribution in [0.4, 0.5) is 0 Å². The molecular formula is C11H14O2S. The first-order valence-electron chi connectivity index (χ1n) is 4.73.